The lowest BCUT2D eigenvalue weighted by Crippen LogP contribution is -2.19. The van der Waals surface area contributed by atoms with Crippen molar-refractivity contribution in [3.63, 3.8) is 0 Å². The Balaban J connectivity index is 1.94. The second-order valence-corrected chi connectivity index (χ2v) is 7.79. The third-order valence-electron chi connectivity index (χ3n) is 3.95. The number of hydrogen-bond donors (Lipinski definition) is 2. The third-order valence-corrected chi connectivity index (χ3v) is 5.56. The number of aromatic nitrogens is 1. The van der Waals surface area contributed by atoms with Gasteiger partial charge in [0.15, 0.2) is 0 Å². The molecule has 2 aromatic heterocycles. The molecular weight excluding hydrogens is 378 g/mol. The van der Waals surface area contributed by atoms with Gasteiger partial charge in [-0.2, -0.15) is 0 Å². The van der Waals surface area contributed by atoms with Crippen LogP contribution in [0.1, 0.15) is 44.5 Å². The van der Waals surface area contributed by atoms with Crippen LogP contribution in [0.4, 0.5) is 5.00 Å². The largest absolute Gasteiger partial charge is 0.365 e. The van der Waals surface area contributed by atoms with Crippen molar-refractivity contribution in [2.45, 2.75) is 26.2 Å². The number of halogens is 1. The minimum absolute atomic E-state index is 0.298. The fourth-order valence-corrected chi connectivity index (χ4v) is 4.59. The molecule has 2 aromatic rings. The quantitative estimate of drug-likeness (QED) is 0.837. The Hall–Kier alpha value is -1.73. The first-order chi connectivity index (χ1) is 11.0. The monoisotopic (exact) mass is 393 g/mol. The molecule has 3 N–H and O–H groups in total. The summed E-state index contributed by atoms with van der Waals surface area (Å²) in [5.74, 6) is -0.202. The van der Waals surface area contributed by atoms with Crippen molar-refractivity contribution in [1.29, 1.82) is 0 Å². The zero-order valence-electron chi connectivity index (χ0n) is 12.6. The van der Waals surface area contributed by atoms with E-state index in [1.54, 1.807) is 12.3 Å². The molecule has 2 amide bonds. The summed E-state index contributed by atoms with van der Waals surface area (Å²) in [7, 11) is 0. The molecule has 2 heterocycles. The van der Waals surface area contributed by atoms with E-state index in [0.717, 1.165) is 34.2 Å². The van der Waals surface area contributed by atoms with Gasteiger partial charge >= 0.3 is 0 Å². The average Bonchev–Trinajstić information content (AvgIpc) is 2.84. The molecule has 0 radical (unpaired) electrons. The van der Waals surface area contributed by atoms with Gasteiger partial charge in [0.2, 0.25) is 0 Å². The molecule has 23 heavy (non-hydrogen) atoms. The van der Waals surface area contributed by atoms with Crippen LogP contribution in [0.3, 0.4) is 0 Å². The number of anilines is 1. The second-order valence-electron chi connectivity index (χ2n) is 5.77. The maximum Gasteiger partial charge on any atom is 0.257 e. The molecule has 0 aromatic carbocycles. The maximum absolute atomic E-state index is 12.4. The summed E-state index contributed by atoms with van der Waals surface area (Å²) >= 11 is 4.75. The summed E-state index contributed by atoms with van der Waals surface area (Å²) in [6.45, 7) is 2.19. The molecule has 0 saturated carbocycles. The highest BCUT2D eigenvalue weighted by Gasteiger charge is 2.27. The highest BCUT2D eigenvalue weighted by Crippen LogP contribution is 2.39. The van der Waals surface area contributed by atoms with Gasteiger partial charge in [0.1, 0.15) is 5.00 Å². The summed E-state index contributed by atoms with van der Waals surface area (Å²) in [5, 5.41) is 3.37. The van der Waals surface area contributed by atoms with Gasteiger partial charge in [-0.05, 0) is 52.7 Å². The lowest BCUT2D eigenvalue weighted by molar-refractivity contribution is 0.1000. The van der Waals surface area contributed by atoms with Gasteiger partial charge in [-0.25, -0.2) is 0 Å². The van der Waals surface area contributed by atoms with Crippen molar-refractivity contribution in [3.05, 3.63) is 44.5 Å². The van der Waals surface area contributed by atoms with E-state index in [0.29, 0.717) is 22.0 Å². The van der Waals surface area contributed by atoms with Gasteiger partial charge in [0, 0.05) is 21.7 Å². The minimum Gasteiger partial charge on any atom is -0.365 e. The van der Waals surface area contributed by atoms with Crippen molar-refractivity contribution < 1.29 is 9.59 Å². The van der Waals surface area contributed by atoms with Crippen molar-refractivity contribution in [1.82, 2.24) is 4.98 Å². The third kappa shape index (κ3) is 3.30. The number of nitrogens with zero attached hydrogens (tertiary/aromatic N) is 1. The van der Waals surface area contributed by atoms with E-state index in [1.165, 1.54) is 17.5 Å². The van der Waals surface area contributed by atoms with Crippen LogP contribution in [0, 0.1) is 5.92 Å². The summed E-state index contributed by atoms with van der Waals surface area (Å²) in [5.41, 5.74) is 7.45. The van der Waals surface area contributed by atoms with Crippen LogP contribution < -0.4 is 11.1 Å². The smallest absolute Gasteiger partial charge is 0.257 e. The molecule has 1 aliphatic rings. The Kier molecular flexibility index (Phi) is 4.50. The van der Waals surface area contributed by atoms with Crippen molar-refractivity contribution >= 4 is 44.1 Å². The molecule has 0 saturated heterocycles. The molecule has 120 valence electrons. The number of amides is 2. The van der Waals surface area contributed by atoms with E-state index >= 15 is 0 Å². The number of thiophene rings is 1. The Morgan fingerprint density at radius 1 is 1.43 bits per heavy atom. The Labute approximate surface area is 146 Å². The molecule has 0 unspecified atom stereocenters. The zero-order valence-corrected chi connectivity index (χ0v) is 15.0. The summed E-state index contributed by atoms with van der Waals surface area (Å²) < 4.78 is 0.722. The van der Waals surface area contributed by atoms with Gasteiger partial charge in [-0.3, -0.25) is 14.6 Å². The molecule has 0 bridgehead atoms. The topological polar surface area (TPSA) is 85.1 Å². The lowest BCUT2D eigenvalue weighted by Gasteiger charge is -2.18. The van der Waals surface area contributed by atoms with Crippen LogP contribution in [0.2, 0.25) is 0 Å². The van der Waals surface area contributed by atoms with Crippen LogP contribution in [0.5, 0.6) is 0 Å². The summed E-state index contributed by atoms with van der Waals surface area (Å²) in [6, 6.07) is 1.68. The van der Waals surface area contributed by atoms with Crippen LogP contribution >= 0.6 is 27.3 Å². The SMILES string of the molecule is C[C@H]1CCc2c(sc(NC(=O)c3cncc(Br)c3)c2C(N)=O)C1. The zero-order chi connectivity index (χ0) is 16.6. The molecule has 7 heteroatoms. The number of pyridine rings is 1. The Morgan fingerprint density at radius 3 is 2.91 bits per heavy atom. The number of primary amides is 1. The van der Waals surface area contributed by atoms with E-state index in [9.17, 15) is 9.59 Å². The number of nitrogens with one attached hydrogen (secondary N) is 1. The standard InChI is InChI=1S/C16H16BrN3O2S/c1-8-2-3-11-12(4-8)23-16(13(11)14(18)21)20-15(22)9-5-10(17)7-19-6-9/h5-8H,2-4H2,1H3,(H2,18,21)(H,20,22)/t8-/m0/s1. The minimum atomic E-state index is -0.486. The normalized spacial score (nSPS) is 16.7. The average molecular weight is 394 g/mol. The van der Waals surface area contributed by atoms with Gasteiger partial charge < -0.3 is 11.1 Å². The fourth-order valence-electron chi connectivity index (χ4n) is 2.81. The van der Waals surface area contributed by atoms with Gasteiger partial charge in [-0.1, -0.05) is 6.92 Å². The molecule has 3 rings (SSSR count). The number of rotatable bonds is 3. The first kappa shape index (κ1) is 16.1. The van der Waals surface area contributed by atoms with Crippen molar-refractivity contribution in [3.8, 4) is 0 Å². The number of fused-ring (bicyclic) bond motifs is 1. The lowest BCUT2D eigenvalue weighted by atomic mass is 9.88. The van der Waals surface area contributed by atoms with Crippen molar-refractivity contribution in [2.24, 2.45) is 11.7 Å². The number of hydrogen-bond acceptors (Lipinski definition) is 4. The van der Waals surface area contributed by atoms with Crippen LogP contribution in [0.15, 0.2) is 22.9 Å². The fraction of sp³-hybridized carbons (Fsp3) is 0.312. The number of carbonyl (C=O) groups is 2. The van der Waals surface area contributed by atoms with E-state index < -0.39 is 5.91 Å². The van der Waals surface area contributed by atoms with Crippen LogP contribution in [-0.2, 0) is 12.8 Å². The molecule has 0 fully saturated rings. The van der Waals surface area contributed by atoms with E-state index in [1.807, 2.05) is 0 Å². The number of nitrogens with two attached hydrogens (primary N) is 1. The van der Waals surface area contributed by atoms with E-state index in [-0.39, 0.29) is 5.91 Å². The van der Waals surface area contributed by atoms with Gasteiger partial charge in [0.05, 0.1) is 11.1 Å². The molecule has 1 aliphatic carbocycles. The maximum atomic E-state index is 12.4. The van der Waals surface area contributed by atoms with Crippen LogP contribution in [0.25, 0.3) is 0 Å². The summed E-state index contributed by atoms with van der Waals surface area (Å²) in [4.78, 5) is 29.4. The van der Waals surface area contributed by atoms with Gasteiger partial charge in [-0.15, -0.1) is 11.3 Å². The first-order valence-corrected chi connectivity index (χ1v) is 8.93. The molecule has 0 spiro atoms. The molecule has 5 nitrogen and oxygen atoms in total. The van der Waals surface area contributed by atoms with Gasteiger partial charge in [0.25, 0.3) is 11.8 Å². The predicted octanol–water partition coefficient (Wildman–Crippen LogP) is 3.38. The van der Waals surface area contributed by atoms with Crippen molar-refractivity contribution in [2.75, 3.05) is 5.32 Å². The molecule has 1 atom stereocenters. The predicted molar refractivity (Wildman–Crippen MR) is 93.9 cm³/mol. The molecule has 0 aliphatic heterocycles. The Bertz CT molecular complexity index is 788. The molecular formula is C16H16BrN3O2S. The highest BCUT2D eigenvalue weighted by molar-refractivity contribution is 9.10. The second kappa shape index (κ2) is 6.41. The Morgan fingerprint density at radius 2 is 2.22 bits per heavy atom. The van der Waals surface area contributed by atoms with E-state index in [2.05, 4.69) is 33.2 Å². The number of carbonyl (C=O) groups excluding carboxylic acids is 2. The first-order valence-electron chi connectivity index (χ1n) is 7.32. The summed E-state index contributed by atoms with van der Waals surface area (Å²) in [6.07, 6.45) is 5.89. The highest BCUT2D eigenvalue weighted by atomic mass is 79.9. The van der Waals surface area contributed by atoms with E-state index in [4.69, 9.17) is 5.73 Å². The van der Waals surface area contributed by atoms with Crippen LogP contribution in [-0.4, -0.2) is 16.8 Å².